The normalized spacial score (nSPS) is 22.8. The number of rotatable bonds is 3. The topological polar surface area (TPSA) is 59.0 Å². The Kier molecular flexibility index (Phi) is 4.52. The lowest BCUT2D eigenvalue weighted by molar-refractivity contribution is 0.0642. The Balaban J connectivity index is 1.67. The van der Waals surface area contributed by atoms with Crippen molar-refractivity contribution < 1.29 is 19.4 Å². The van der Waals surface area contributed by atoms with Gasteiger partial charge in [0, 0.05) is 26.3 Å². The van der Waals surface area contributed by atoms with Crippen LogP contribution in [0.15, 0.2) is 18.2 Å². The first kappa shape index (κ1) is 15.2. The minimum Gasteiger partial charge on any atom is -0.507 e. The molecule has 1 aromatic rings. The lowest BCUT2D eigenvalue weighted by Gasteiger charge is -2.34. The van der Waals surface area contributed by atoms with E-state index in [0.717, 1.165) is 45.6 Å². The van der Waals surface area contributed by atoms with Crippen molar-refractivity contribution in [2.75, 3.05) is 33.4 Å². The molecule has 1 N–H and O–H groups in total. The van der Waals surface area contributed by atoms with Crippen LogP contribution in [0.3, 0.4) is 0 Å². The summed E-state index contributed by atoms with van der Waals surface area (Å²) < 4.78 is 10.7. The van der Waals surface area contributed by atoms with Crippen molar-refractivity contribution in [1.82, 2.24) is 4.90 Å². The molecule has 0 radical (unpaired) electrons. The second-order valence-electron chi connectivity index (χ2n) is 6.11. The first-order valence-corrected chi connectivity index (χ1v) is 7.93. The van der Waals surface area contributed by atoms with Crippen LogP contribution in [0.1, 0.15) is 29.6 Å². The zero-order chi connectivity index (χ0) is 15.5. The molecule has 0 bridgehead atoms. The minimum atomic E-state index is -0.143. The van der Waals surface area contributed by atoms with Crippen LogP contribution in [0, 0.1) is 11.8 Å². The van der Waals surface area contributed by atoms with Crippen LogP contribution >= 0.6 is 0 Å². The Morgan fingerprint density at radius 3 is 2.68 bits per heavy atom. The highest BCUT2D eigenvalue weighted by Crippen LogP contribution is 2.33. The van der Waals surface area contributed by atoms with E-state index in [1.54, 1.807) is 12.1 Å². The Morgan fingerprint density at radius 1 is 1.27 bits per heavy atom. The van der Waals surface area contributed by atoms with Crippen LogP contribution < -0.4 is 4.74 Å². The van der Waals surface area contributed by atoms with Gasteiger partial charge in [0.05, 0.1) is 7.11 Å². The molecule has 0 aromatic heterocycles. The fourth-order valence-corrected chi connectivity index (χ4v) is 3.56. The number of benzene rings is 1. The molecule has 5 heteroatoms. The molecule has 2 aliphatic rings. The van der Waals surface area contributed by atoms with Crippen LogP contribution in [-0.2, 0) is 4.74 Å². The Hall–Kier alpha value is -1.75. The SMILES string of the molecule is COc1cccc(O)c1C(=O)N1CCC(C2CCOC2)CC1. The van der Waals surface area contributed by atoms with Gasteiger partial charge >= 0.3 is 0 Å². The van der Waals surface area contributed by atoms with Crippen molar-refractivity contribution >= 4 is 5.91 Å². The molecule has 1 atom stereocenters. The zero-order valence-corrected chi connectivity index (χ0v) is 13.0. The van der Waals surface area contributed by atoms with E-state index in [0.29, 0.717) is 17.6 Å². The van der Waals surface area contributed by atoms with Crippen LogP contribution in [0.25, 0.3) is 0 Å². The minimum absolute atomic E-state index is 0.0179. The van der Waals surface area contributed by atoms with Gasteiger partial charge in [-0.05, 0) is 43.2 Å². The zero-order valence-electron chi connectivity index (χ0n) is 13.0. The Morgan fingerprint density at radius 2 is 2.05 bits per heavy atom. The molecule has 2 fully saturated rings. The summed E-state index contributed by atoms with van der Waals surface area (Å²) in [7, 11) is 1.51. The average Bonchev–Trinajstić information content (AvgIpc) is 3.08. The monoisotopic (exact) mass is 305 g/mol. The van der Waals surface area contributed by atoms with Gasteiger partial charge in [-0.25, -0.2) is 0 Å². The number of piperidine rings is 1. The van der Waals surface area contributed by atoms with E-state index in [2.05, 4.69) is 0 Å². The number of amides is 1. The van der Waals surface area contributed by atoms with Gasteiger partial charge in [0.25, 0.3) is 5.91 Å². The quantitative estimate of drug-likeness (QED) is 0.931. The first-order chi connectivity index (χ1) is 10.7. The lowest BCUT2D eigenvalue weighted by Crippen LogP contribution is -2.40. The predicted octanol–water partition coefficient (Wildman–Crippen LogP) is 2.29. The van der Waals surface area contributed by atoms with Crippen molar-refractivity contribution in [2.24, 2.45) is 11.8 Å². The number of hydrogen-bond donors (Lipinski definition) is 1. The van der Waals surface area contributed by atoms with Gasteiger partial charge in [0.15, 0.2) is 0 Å². The largest absolute Gasteiger partial charge is 0.507 e. The second-order valence-corrected chi connectivity index (χ2v) is 6.11. The van der Waals surface area contributed by atoms with Crippen molar-refractivity contribution in [3.8, 4) is 11.5 Å². The van der Waals surface area contributed by atoms with E-state index in [1.165, 1.54) is 13.2 Å². The molecule has 2 saturated heterocycles. The van der Waals surface area contributed by atoms with Crippen molar-refractivity contribution in [2.45, 2.75) is 19.3 Å². The number of ether oxygens (including phenoxy) is 2. The second kappa shape index (κ2) is 6.57. The maximum absolute atomic E-state index is 12.7. The maximum Gasteiger partial charge on any atom is 0.261 e. The molecular weight excluding hydrogens is 282 g/mol. The number of likely N-dealkylation sites (tertiary alicyclic amines) is 1. The van der Waals surface area contributed by atoms with E-state index in [-0.39, 0.29) is 17.2 Å². The number of phenols is 1. The van der Waals surface area contributed by atoms with Crippen LogP contribution in [-0.4, -0.2) is 49.3 Å². The summed E-state index contributed by atoms with van der Waals surface area (Å²) >= 11 is 0. The molecule has 1 aromatic carbocycles. The molecule has 120 valence electrons. The molecule has 0 spiro atoms. The summed E-state index contributed by atoms with van der Waals surface area (Å²) in [4.78, 5) is 14.5. The molecule has 2 heterocycles. The third-order valence-corrected chi connectivity index (χ3v) is 4.90. The molecule has 0 aliphatic carbocycles. The van der Waals surface area contributed by atoms with Gasteiger partial charge in [-0.3, -0.25) is 4.79 Å². The Labute approximate surface area is 130 Å². The van der Waals surface area contributed by atoms with Gasteiger partial charge in [0.2, 0.25) is 0 Å². The Bertz CT molecular complexity index is 531. The van der Waals surface area contributed by atoms with Crippen molar-refractivity contribution in [3.05, 3.63) is 23.8 Å². The fourth-order valence-electron chi connectivity index (χ4n) is 3.56. The summed E-state index contributed by atoms with van der Waals surface area (Å²) in [5.74, 6) is 1.57. The molecule has 1 unspecified atom stereocenters. The van der Waals surface area contributed by atoms with Gasteiger partial charge < -0.3 is 19.5 Å². The summed E-state index contributed by atoms with van der Waals surface area (Å²) in [5, 5.41) is 10.0. The van der Waals surface area contributed by atoms with E-state index in [4.69, 9.17) is 9.47 Å². The lowest BCUT2D eigenvalue weighted by atomic mass is 9.84. The summed E-state index contributed by atoms with van der Waals surface area (Å²) in [6, 6.07) is 4.91. The molecular formula is C17H23NO4. The number of methoxy groups -OCH3 is 1. The summed E-state index contributed by atoms with van der Waals surface area (Å²) in [6.45, 7) is 3.21. The third-order valence-electron chi connectivity index (χ3n) is 4.90. The third kappa shape index (κ3) is 2.90. The van der Waals surface area contributed by atoms with Crippen LogP contribution in [0.4, 0.5) is 0 Å². The number of hydrogen-bond acceptors (Lipinski definition) is 4. The van der Waals surface area contributed by atoms with E-state index in [9.17, 15) is 9.90 Å². The maximum atomic E-state index is 12.7. The average molecular weight is 305 g/mol. The van der Waals surface area contributed by atoms with Gasteiger partial charge in [-0.15, -0.1) is 0 Å². The molecule has 3 rings (SSSR count). The van der Waals surface area contributed by atoms with Gasteiger partial charge in [0.1, 0.15) is 17.1 Å². The number of phenolic OH excluding ortho intramolecular Hbond substituents is 1. The predicted molar refractivity (Wildman–Crippen MR) is 82.2 cm³/mol. The number of aromatic hydroxyl groups is 1. The molecule has 22 heavy (non-hydrogen) atoms. The fraction of sp³-hybridized carbons (Fsp3) is 0.588. The van der Waals surface area contributed by atoms with Crippen LogP contribution in [0.2, 0.25) is 0 Å². The number of nitrogens with zero attached hydrogens (tertiary/aromatic N) is 1. The standard InChI is InChI=1S/C17H23NO4/c1-21-15-4-2-3-14(19)16(15)17(20)18-8-5-12(6-9-18)13-7-10-22-11-13/h2-4,12-13,19H,5-11H2,1H3. The van der Waals surface area contributed by atoms with Gasteiger partial charge in [-0.2, -0.15) is 0 Å². The highest BCUT2D eigenvalue weighted by atomic mass is 16.5. The van der Waals surface area contributed by atoms with E-state index < -0.39 is 0 Å². The van der Waals surface area contributed by atoms with Crippen molar-refractivity contribution in [1.29, 1.82) is 0 Å². The highest BCUT2D eigenvalue weighted by molar-refractivity contribution is 5.99. The number of carbonyl (C=O) groups is 1. The molecule has 2 aliphatic heterocycles. The molecule has 0 saturated carbocycles. The smallest absolute Gasteiger partial charge is 0.261 e. The van der Waals surface area contributed by atoms with E-state index in [1.807, 2.05) is 4.90 Å². The van der Waals surface area contributed by atoms with Crippen molar-refractivity contribution in [3.63, 3.8) is 0 Å². The molecule has 1 amide bonds. The van der Waals surface area contributed by atoms with Crippen LogP contribution in [0.5, 0.6) is 11.5 Å². The molecule has 5 nitrogen and oxygen atoms in total. The van der Waals surface area contributed by atoms with E-state index >= 15 is 0 Å². The highest BCUT2D eigenvalue weighted by Gasteiger charge is 2.32. The van der Waals surface area contributed by atoms with Gasteiger partial charge in [-0.1, -0.05) is 6.07 Å². The number of carbonyl (C=O) groups excluding carboxylic acids is 1. The first-order valence-electron chi connectivity index (χ1n) is 7.93. The summed E-state index contributed by atoms with van der Waals surface area (Å²) in [6.07, 6.45) is 3.16. The summed E-state index contributed by atoms with van der Waals surface area (Å²) in [5.41, 5.74) is 0.271.